The van der Waals surface area contributed by atoms with Crippen molar-refractivity contribution >= 4 is 33.2 Å². The quantitative estimate of drug-likeness (QED) is 0.325. The van der Waals surface area contributed by atoms with Gasteiger partial charge in [0, 0.05) is 36.4 Å². The Bertz CT molecular complexity index is 1490. The number of carbonyl (C=O) groups excluding carboxylic acids is 2. The van der Waals surface area contributed by atoms with Gasteiger partial charge in [-0.05, 0) is 84.3 Å². The summed E-state index contributed by atoms with van der Waals surface area (Å²) in [7, 11) is -2.07. The third-order valence-corrected chi connectivity index (χ3v) is 9.14. The van der Waals surface area contributed by atoms with E-state index in [1.807, 2.05) is 24.3 Å². The van der Waals surface area contributed by atoms with Crippen molar-refractivity contribution in [1.82, 2.24) is 4.31 Å². The third-order valence-electron chi connectivity index (χ3n) is 7.24. The molecule has 1 fully saturated rings. The molecular formula is C32H39N3O5S. The van der Waals surface area contributed by atoms with Crippen LogP contribution < -0.4 is 15.4 Å². The average molecular weight is 578 g/mol. The molecule has 0 spiro atoms. The zero-order chi connectivity index (χ0) is 29.6. The average Bonchev–Trinajstić information content (AvgIpc) is 2.96. The molecule has 1 aliphatic rings. The summed E-state index contributed by atoms with van der Waals surface area (Å²) in [6.45, 7) is 7.41. The second-order valence-electron chi connectivity index (χ2n) is 11.3. The molecule has 1 heterocycles. The van der Waals surface area contributed by atoms with Gasteiger partial charge in [-0.2, -0.15) is 4.31 Å². The van der Waals surface area contributed by atoms with Gasteiger partial charge in [-0.1, -0.05) is 45.4 Å². The number of benzene rings is 3. The van der Waals surface area contributed by atoms with E-state index >= 15 is 0 Å². The molecule has 0 atom stereocenters. The van der Waals surface area contributed by atoms with E-state index in [4.69, 9.17) is 4.74 Å². The number of ether oxygens (including phenoxy) is 1. The zero-order valence-electron chi connectivity index (χ0n) is 24.2. The largest absolute Gasteiger partial charge is 0.496 e. The van der Waals surface area contributed by atoms with Gasteiger partial charge >= 0.3 is 0 Å². The fraction of sp³-hybridized carbons (Fsp3) is 0.375. The van der Waals surface area contributed by atoms with Gasteiger partial charge in [-0.3, -0.25) is 9.59 Å². The van der Waals surface area contributed by atoms with Crippen molar-refractivity contribution in [1.29, 1.82) is 0 Å². The van der Waals surface area contributed by atoms with E-state index in [9.17, 15) is 18.0 Å². The highest BCUT2D eigenvalue weighted by atomic mass is 32.2. The van der Waals surface area contributed by atoms with E-state index in [0.717, 1.165) is 24.8 Å². The Kier molecular flexibility index (Phi) is 9.50. The first-order chi connectivity index (χ1) is 19.5. The number of piperidine rings is 1. The minimum Gasteiger partial charge on any atom is -0.496 e. The molecule has 0 saturated carbocycles. The molecule has 2 N–H and O–H groups in total. The van der Waals surface area contributed by atoms with Gasteiger partial charge in [0.15, 0.2) is 0 Å². The molecule has 1 saturated heterocycles. The van der Waals surface area contributed by atoms with Crippen LogP contribution in [-0.2, 0) is 26.7 Å². The topological polar surface area (TPSA) is 105 Å². The molecular weight excluding hydrogens is 538 g/mol. The van der Waals surface area contributed by atoms with E-state index in [1.54, 1.807) is 42.5 Å². The van der Waals surface area contributed by atoms with Crippen LogP contribution >= 0.6 is 0 Å². The van der Waals surface area contributed by atoms with Gasteiger partial charge < -0.3 is 15.4 Å². The number of nitrogens with zero attached hydrogens (tertiary/aromatic N) is 1. The molecule has 4 rings (SSSR count). The second-order valence-corrected chi connectivity index (χ2v) is 13.3. The lowest BCUT2D eigenvalue weighted by atomic mass is 9.87. The summed E-state index contributed by atoms with van der Waals surface area (Å²) in [5, 5.41) is 5.75. The molecule has 1 aliphatic heterocycles. The molecule has 0 aliphatic carbocycles. The summed E-state index contributed by atoms with van der Waals surface area (Å²) in [4.78, 5) is 25.8. The maximum atomic E-state index is 13.1. The number of aryl methyl sites for hydroxylation is 1. The van der Waals surface area contributed by atoms with Crippen molar-refractivity contribution in [3.8, 4) is 5.75 Å². The van der Waals surface area contributed by atoms with Crippen LogP contribution in [-0.4, -0.2) is 44.7 Å². The van der Waals surface area contributed by atoms with Crippen molar-refractivity contribution in [2.75, 3.05) is 30.8 Å². The summed E-state index contributed by atoms with van der Waals surface area (Å²) in [6, 6.07) is 19.3. The zero-order valence-corrected chi connectivity index (χ0v) is 25.0. The van der Waals surface area contributed by atoms with Crippen molar-refractivity contribution < 1.29 is 22.7 Å². The predicted octanol–water partition coefficient (Wildman–Crippen LogP) is 5.99. The molecule has 0 radical (unpaired) electrons. The van der Waals surface area contributed by atoms with E-state index in [2.05, 4.69) is 31.4 Å². The van der Waals surface area contributed by atoms with Gasteiger partial charge in [0.2, 0.25) is 15.9 Å². The van der Waals surface area contributed by atoms with Gasteiger partial charge in [-0.25, -0.2) is 8.42 Å². The molecule has 3 aromatic carbocycles. The molecule has 218 valence electrons. The van der Waals surface area contributed by atoms with E-state index in [1.165, 1.54) is 11.4 Å². The Hall–Kier alpha value is -3.69. The Labute approximate surface area is 243 Å². The summed E-state index contributed by atoms with van der Waals surface area (Å²) < 4.78 is 33.3. The van der Waals surface area contributed by atoms with Crippen molar-refractivity contribution in [3.63, 3.8) is 0 Å². The number of sulfonamides is 1. The van der Waals surface area contributed by atoms with Crippen LogP contribution in [0.1, 0.15) is 67.9 Å². The summed E-state index contributed by atoms with van der Waals surface area (Å²) in [5.41, 5.74) is 3.45. The van der Waals surface area contributed by atoms with Crippen LogP contribution in [0.4, 0.5) is 11.4 Å². The second kappa shape index (κ2) is 12.9. The minimum atomic E-state index is -3.60. The molecule has 8 nitrogen and oxygen atoms in total. The van der Waals surface area contributed by atoms with Crippen LogP contribution in [0.3, 0.4) is 0 Å². The van der Waals surface area contributed by atoms with Gasteiger partial charge in [0.05, 0.1) is 12.0 Å². The maximum Gasteiger partial charge on any atom is 0.255 e. The van der Waals surface area contributed by atoms with E-state index in [0.29, 0.717) is 47.8 Å². The van der Waals surface area contributed by atoms with Gasteiger partial charge in [-0.15, -0.1) is 0 Å². The third kappa shape index (κ3) is 7.74. The number of hydrogen-bond donors (Lipinski definition) is 2. The van der Waals surface area contributed by atoms with Crippen LogP contribution in [0.5, 0.6) is 5.75 Å². The number of anilines is 2. The standard InChI is InChI=1S/C32H39N3O5S/c1-32(2,3)25-14-11-23(12-15-25)31(37)34-27-10-8-9-26(22-27)33-30(36)18-13-24-21-28(16-17-29(24)40-4)41(38,39)35-19-6-5-7-20-35/h8-12,14-17,21-22H,5-7,13,18-20H2,1-4H3,(H,33,36)(H,34,37). The Morgan fingerprint density at radius 2 is 1.54 bits per heavy atom. The Balaban J connectivity index is 1.38. The minimum absolute atomic E-state index is 0.000256. The first kappa shape index (κ1) is 30.3. The fourth-order valence-corrected chi connectivity index (χ4v) is 6.40. The number of amides is 2. The smallest absolute Gasteiger partial charge is 0.255 e. The maximum absolute atomic E-state index is 13.1. The number of rotatable bonds is 9. The fourth-order valence-electron chi connectivity index (χ4n) is 4.84. The normalized spacial score (nSPS) is 14.3. The van der Waals surface area contributed by atoms with Crippen LogP contribution in [0.25, 0.3) is 0 Å². The van der Waals surface area contributed by atoms with Gasteiger partial charge in [0.25, 0.3) is 5.91 Å². The molecule has 2 amide bonds. The lowest BCUT2D eigenvalue weighted by Gasteiger charge is -2.26. The Morgan fingerprint density at radius 3 is 2.17 bits per heavy atom. The molecule has 9 heteroatoms. The first-order valence-electron chi connectivity index (χ1n) is 14.0. The number of methoxy groups -OCH3 is 1. The predicted molar refractivity (Wildman–Crippen MR) is 162 cm³/mol. The summed E-state index contributed by atoms with van der Waals surface area (Å²) in [6.07, 6.45) is 3.19. The highest BCUT2D eigenvalue weighted by Crippen LogP contribution is 2.28. The molecule has 0 unspecified atom stereocenters. The first-order valence-corrected chi connectivity index (χ1v) is 15.4. The summed E-state index contributed by atoms with van der Waals surface area (Å²) >= 11 is 0. The van der Waals surface area contributed by atoms with Crippen LogP contribution in [0, 0.1) is 0 Å². The van der Waals surface area contributed by atoms with E-state index in [-0.39, 0.29) is 28.5 Å². The monoisotopic (exact) mass is 577 g/mol. The lowest BCUT2D eigenvalue weighted by Crippen LogP contribution is -2.35. The van der Waals surface area contributed by atoms with Crippen molar-refractivity contribution in [2.45, 2.75) is 63.2 Å². The molecule has 0 aromatic heterocycles. The molecule has 3 aromatic rings. The highest BCUT2D eigenvalue weighted by Gasteiger charge is 2.26. The SMILES string of the molecule is COc1ccc(S(=O)(=O)N2CCCCC2)cc1CCC(=O)Nc1cccc(NC(=O)c2ccc(C(C)(C)C)cc2)c1. The van der Waals surface area contributed by atoms with Crippen molar-refractivity contribution in [2.24, 2.45) is 0 Å². The van der Waals surface area contributed by atoms with Gasteiger partial charge in [0.1, 0.15) is 5.75 Å². The molecule has 0 bridgehead atoms. The summed E-state index contributed by atoms with van der Waals surface area (Å²) in [5.74, 6) is 0.0636. The number of hydrogen-bond acceptors (Lipinski definition) is 5. The van der Waals surface area contributed by atoms with Crippen LogP contribution in [0.15, 0.2) is 71.6 Å². The number of carbonyl (C=O) groups is 2. The number of nitrogens with one attached hydrogen (secondary N) is 2. The van der Waals surface area contributed by atoms with E-state index < -0.39 is 10.0 Å². The van der Waals surface area contributed by atoms with Crippen molar-refractivity contribution in [3.05, 3.63) is 83.4 Å². The molecule has 41 heavy (non-hydrogen) atoms. The Morgan fingerprint density at radius 1 is 0.878 bits per heavy atom. The van der Waals surface area contributed by atoms with Crippen LogP contribution in [0.2, 0.25) is 0 Å². The lowest BCUT2D eigenvalue weighted by molar-refractivity contribution is -0.116. The highest BCUT2D eigenvalue weighted by molar-refractivity contribution is 7.89.